The van der Waals surface area contributed by atoms with Crippen molar-refractivity contribution >= 4 is 45.3 Å². The summed E-state index contributed by atoms with van der Waals surface area (Å²) in [5, 5.41) is 14.9. The predicted molar refractivity (Wildman–Crippen MR) is 129 cm³/mol. The Bertz CT molecular complexity index is 1350. The maximum Gasteiger partial charge on any atom is 0.283 e. The number of methoxy groups -OCH3 is 2. The number of aryl methyl sites for hydroxylation is 1. The van der Waals surface area contributed by atoms with Gasteiger partial charge in [-0.2, -0.15) is 5.10 Å². The molecule has 1 aromatic carbocycles. The molecule has 3 heterocycles. The number of aromatic hydroxyl groups is 1. The SMILES string of the molecule is COCc1cc(C)nc2sc(C(=O)N/N=C\c3cc(Cl)c(O)c(OC)c3)c(-n3cccc3)c12. The fourth-order valence-electron chi connectivity index (χ4n) is 3.49. The van der Waals surface area contributed by atoms with Crippen molar-refractivity contribution in [1.29, 1.82) is 0 Å². The Balaban J connectivity index is 1.71. The first kappa shape index (κ1) is 22.8. The first-order valence-electron chi connectivity index (χ1n) is 9.88. The van der Waals surface area contributed by atoms with E-state index in [0.29, 0.717) is 17.0 Å². The molecular weight excluding hydrogens is 464 g/mol. The van der Waals surface area contributed by atoms with Gasteiger partial charge in [-0.15, -0.1) is 11.3 Å². The van der Waals surface area contributed by atoms with E-state index in [0.717, 1.165) is 27.2 Å². The summed E-state index contributed by atoms with van der Waals surface area (Å²) in [7, 11) is 3.06. The van der Waals surface area contributed by atoms with Crippen molar-refractivity contribution in [3.05, 3.63) is 69.4 Å². The Labute approximate surface area is 199 Å². The minimum Gasteiger partial charge on any atom is -0.503 e. The second kappa shape index (κ2) is 9.62. The van der Waals surface area contributed by atoms with Gasteiger partial charge in [0.05, 0.1) is 30.6 Å². The molecule has 170 valence electrons. The Morgan fingerprint density at radius 2 is 2.06 bits per heavy atom. The van der Waals surface area contributed by atoms with Gasteiger partial charge in [-0.3, -0.25) is 4.79 Å². The topological polar surface area (TPSA) is 98.0 Å². The Kier molecular flexibility index (Phi) is 6.64. The highest BCUT2D eigenvalue weighted by Gasteiger charge is 2.23. The monoisotopic (exact) mass is 484 g/mol. The van der Waals surface area contributed by atoms with Crippen LogP contribution in [0.25, 0.3) is 15.9 Å². The molecule has 4 aromatic rings. The van der Waals surface area contributed by atoms with Gasteiger partial charge in [0, 0.05) is 30.6 Å². The summed E-state index contributed by atoms with van der Waals surface area (Å²) in [5.41, 5.74) is 5.64. The highest BCUT2D eigenvalue weighted by Crippen LogP contribution is 2.37. The molecule has 0 aliphatic carbocycles. The van der Waals surface area contributed by atoms with Crippen molar-refractivity contribution in [3.63, 3.8) is 0 Å². The van der Waals surface area contributed by atoms with Gasteiger partial charge in [-0.25, -0.2) is 10.4 Å². The van der Waals surface area contributed by atoms with Gasteiger partial charge in [0.2, 0.25) is 0 Å². The number of fused-ring (bicyclic) bond motifs is 1. The highest BCUT2D eigenvalue weighted by molar-refractivity contribution is 7.21. The number of ether oxygens (including phenoxy) is 2. The van der Waals surface area contributed by atoms with Crippen molar-refractivity contribution in [2.24, 2.45) is 5.10 Å². The number of phenolic OH excluding ortho intramolecular Hbond substituents is 1. The molecule has 0 bridgehead atoms. The molecule has 0 saturated heterocycles. The zero-order chi connectivity index (χ0) is 23.5. The highest BCUT2D eigenvalue weighted by atomic mass is 35.5. The van der Waals surface area contributed by atoms with Crippen LogP contribution in [0.15, 0.2) is 47.8 Å². The third-order valence-electron chi connectivity index (χ3n) is 4.87. The number of pyridine rings is 1. The number of thiophene rings is 1. The molecule has 0 atom stereocenters. The van der Waals surface area contributed by atoms with Crippen LogP contribution >= 0.6 is 22.9 Å². The Hall–Kier alpha value is -3.40. The lowest BCUT2D eigenvalue weighted by molar-refractivity contribution is 0.0959. The van der Waals surface area contributed by atoms with Crippen LogP contribution < -0.4 is 10.2 Å². The summed E-state index contributed by atoms with van der Waals surface area (Å²) >= 11 is 7.31. The standard InChI is InChI=1S/C23H21ClN4O4S/c1-13-8-15(12-31-2)18-19(28-6-4-5-7-28)21(33-23(18)26-13)22(30)27-25-11-14-9-16(24)20(29)17(10-14)32-3/h4-11,29H,12H2,1-3H3,(H,27,30)/b25-11-. The number of rotatable bonds is 7. The van der Waals surface area contributed by atoms with Crippen LogP contribution in [0.1, 0.15) is 26.5 Å². The van der Waals surface area contributed by atoms with Crippen LogP contribution in [0.3, 0.4) is 0 Å². The predicted octanol–water partition coefficient (Wildman–Crippen LogP) is 4.67. The fourth-order valence-corrected chi connectivity index (χ4v) is 4.86. The molecule has 2 N–H and O–H groups in total. The number of nitrogens with one attached hydrogen (secondary N) is 1. The van der Waals surface area contributed by atoms with Crippen molar-refractivity contribution in [2.45, 2.75) is 13.5 Å². The van der Waals surface area contributed by atoms with Gasteiger partial charge in [0.25, 0.3) is 5.91 Å². The molecule has 1 amide bonds. The molecule has 10 heteroatoms. The van der Waals surface area contributed by atoms with Crippen LogP contribution in [0.5, 0.6) is 11.5 Å². The van der Waals surface area contributed by atoms with E-state index in [1.54, 1.807) is 13.2 Å². The van der Waals surface area contributed by atoms with E-state index < -0.39 is 0 Å². The zero-order valence-corrected chi connectivity index (χ0v) is 19.7. The van der Waals surface area contributed by atoms with Gasteiger partial charge >= 0.3 is 0 Å². The molecule has 4 rings (SSSR count). The number of carbonyl (C=O) groups excluding carboxylic acids is 1. The minimum absolute atomic E-state index is 0.119. The number of nitrogens with zero attached hydrogens (tertiary/aromatic N) is 3. The number of halogens is 1. The summed E-state index contributed by atoms with van der Waals surface area (Å²) in [5.74, 6) is -0.325. The normalized spacial score (nSPS) is 11.4. The molecule has 0 unspecified atom stereocenters. The molecule has 0 spiro atoms. The van der Waals surface area contributed by atoms with Gasteiger partial charge < -0.3 is 19.1 Å². The number of amides is 1. The lowest BCUT2D eigenvalue weighted by Crippen LogP contribution is -2.18. The molecule has 3 aromatic heterocycles. The first-order chi connectivity index (χ1) is 15.9. The second-order valence-electron chi connectivity index (χ2n) is 7.16. The number of hydrogen-bond acceptors (Lipinski definition) is 7. The molecule has 0 radical (unpaired) electrons. The third-order valence-corrected chi connectivity index (χ3v) is 6.23. The van der Waals surface area contributed by atoms with Gasteiger partial charge in [0.15, 0.2) is 11.5 Å². The van der Waals surface area contributed by atoms with Crippen molar-refractivity contribution < 1.29 is 19.4 Å². The van der Waals surface area contributed by atoms with Crippen molar-refractivity contribution in [3.8, 4) is 17.2 Å². The molecule has 33 heavy (non-hydrogen) atoms. The van der Waals surface area contributed by atoms with E-state index in [1.807, 2.05) is 42.1 Å². The van der Waals surface area contributed by atoms with Gasteiger partial charge in [0.1, 0.15) is 9.71 Å². The van der Waals surface area contributed by atoms with E-state index in [2.05, 4.69) is 15.5 Å². The van der Waals surface area contributed by atoms with E-state index >= 15 is 0 Å². The van der Waals surface area contributed by atoms with Crippen molar-refractivity contribution in [1.82, 2.24) is 15.0 Å². The Morgan fingerprint density at radius 3 is 2.76 bits per heavy atom. The number of benzene rings is 1. The molecule has 0 aliphatic rings. The Morgan fingerprint density at radius 1 is 1.30 bits per heavy atom. The zero-order valence-electron chi connectivity index (χ0n) is 18.1. The van der Waals surface area contributed by atoms with Gasteiger partial charge in [-0.05, 0) is 48.4 Å². The summed E-state index contributed by atoms with van der Waals surface area (Å²) in [6.45, 7) is 2.31. The minimum atomic E-state index is -0.379. The van der Waals surface area contributed by atoms with E-state index in [1.165, 1.54) is 30.7 Å². The van der Waals surface area contributed by atoms with Crippen LogP contribution in [-0.2, 0) is 11.3 Å². The van der Waals surface area contributed by atoms with Crippen LogP contribution in [-0.4, -0.2) is 41.0 Å². The largest absolute Gasteiger partial charge is 0.503 e. The molecule has 0 aliphatic heterocycles. The number of phenols is 1. The number of hydrogen-bond donors (Lipinski definition) is 2. The summed E-state index contributed by atoms with van der Waals surface area (Å²) in [4.78, 5) is 19.0. The van der Waals surface area contributed by atoms with Gasteiger partial charge in [-0.1, -0.05) is 11.6 Å². The third kappa shape index (κ3) is 4.56. The molecule has 0 fully saturated rings. The lowest BCUT2D eigenvalue weighted by Gasteiger charge is -2.09. The van der Waals surface area contributed by atoms with Crippen LogP contribution in [0, 0.1) is 6.92 Å². The molecule has 0 saturated carbocycles. The maximum absolute atomic E-state index is 13.1. The average Bonchev–Trinajstić information content (AvgIpc) is 3.43. The maximum atomic E-state index is 13.1. The quantitative estimate of drug-likeness (QED) is 0.293. The van der Waals surface area contributed by atoms with E-state index in [9.17, 15) is 9.90 Å². The number of aromatic nitrogens is 2. The van der Waals surface area contributed by atoms with E-state index in [4.69, 9.17) is 21.1 Å². The lowest BCUT2D eigenvalue weighted by atomic mass is 10.1. The number of carbonyl (C=O) groups is 1. The van der Waals surface area contributed by atoms with E-state index in [-0.39, 0.29) is 22.4 Å². The molecule has 8 nitrogen and oxygen atoms in total. The molecular formula is C23H21ClN4O4S. The first-order valence-corrected chi connectivity index (χ1v) is 11.1. The van der Waals surface area contributed by atoms with Crippen molar-refractivity contribution in [2.75, 3.05) is 14.2 Å². The van der Waals surface area contributed by atoms with Crippen LogP contribution in [0.4, 0.5) is 0 Å². The summed E-state index contributed by atoms with van der Waals surface area (Å²) in [6.07, 6.45) is 5.18. The summed E-state index contributed by atoms with van der Waals surface area (Å²) < 4.78 is 12.4. The smallest absolute Gasteiger partial charge is 0.283 e. The average molecular weight is 485 g/mol. The fraction of sp³-hybridized carbons (Fsp3) is 0.174. The number of hydrazone groups is 1. The summed E-state index contributed by atoms with van der Waals surface area (Å²) in [6, 6.07) is 8.83. The second-order valence-corrected chi connectivity index (χ2v) is 8.57. The van der Waals surface area contributed by atoms with Crippen LogP contribution in [0.2, 0.25) is 5.02 Å².